The number of hydrogen-bond donors (Lipinski definition) is 3. The molecule has 0 saturated carbocycles. The minimum atomic E-state index is -0.538. The van der Waals surface area contributed by atoms with Crippen LogP contribution in [0.2, 0.25) is 0 Å². The Labute approximate surface area is 90.5 Å². The quantitative estimate of drug-likeness (QED) is 0.532. The van der Waals surface area contributed by atoms with Crippen LogP contribution in [-0.2, 0) is 4.79 Å². The maximum Gasteiger partial charge on any atom is 0.234 e. The van der Waals surface area contributed by atoms with Gasteiger partial charge in [-0.3, -0.25) is 4.79 Å². The predicted molar refractivity (Wildman–Crippen MR) is 57.0 cm³/mol. The van der Waals surface area contributed by atoms with Crippen molar-refractivity contribution in [1.29, 1.82) is 5.26 Å². The van der Waals surface area contributed by atoms with Crippen LogP contribution in [-0.4, -0.2) is 35.7 Å². The van der Waals surface area contributed by atoms with E-state index < -0.39 is 11.6 Å². The lowest BCUT2D eigenvalue weighted by Gasteiger charge is -2.29. The van der Waals surface area contributed by atoms with Crippen molar-refractivity contribution in [3.63, 3.8) is 0 Å². The maximum absolute atomic E-state index is 11.2. The van der Waals surface area contributed by atoms with Gasteiger partial charge in [0.15, 0.2) is 0 Å². The number of rotatable bonds is 6. The van der Waals surface area contributed by atoms with E-state index in [0.29, 0.717) is 13.0 Å². The van der Waals surface area contributed by atoms with Crippen molar-refractivity contribution in [2.24, 2.45) is 0 Å². The first-order valence-corrected chi connectivity index (χ1v) is 4.97. The Balaban J connectivity index is 3.76. The van der Waals surface area contributed by atoms with E-state index in [4.69, 9.17) is 5.26 Å². The lowest BCUT2D eigenvalue weighted by Crippen LogP contribution is -2.51. The van der Waals surface area contributed by atoms with Crippen LogP contribution >= 0.6 is 0 Å². The zero-order chi connectivity index (χ0) is 11.9. The van der Waals surface area contributed by atoms with Crippen LogP contribution in [0.4, 0.5) is 0 Å². The molecule has 3 N–H and O–H groups in total. The molecule has 0 saturated heterocycles. The van der Waals surface area contributed by atoms with E-state index >= 15 is 0 Å². The first-order valence-electron chi connectivity index (χ1n) is 4.97. The third-order valence-corrected chi connectivity index (χ3v) is 2.31. The minimum absolute atomic E-state index is 0.142. The van der Waals surface area contributed by atoms with Gasteiger partial charge in [-0.2, -0.15) is 5.26 Å². The van der Waals surface area contributed by atoms with Crippen molar-refractivity contribution in [3.8, 4) is 6.07 Å². The van der Waals surface area contributed by atoms with Crippen LogP contribution in [0.15, 0.2) is 0 Å². The molecule has 0 spiro atoms. The van der Waals surface area contributed by atoms with Crippen LogP contribution in [0.1, 0.15) is 27.2 Å². The van der Waals surface area contributed by atoms with Crippen LogP contribution in [0.3, 0.4) is 0 Å². The van der Waals surface area contributed by atoms with Crippen LogP contribution in [0.25, 0.3) is 0 Å². The molecule has 0 aromatic rings. The molecule has 86 valence electrons. The number of nitrogens with one attached hydrogen (secondary N) is 2. The molecule has 0 aromatic carbocycles. The number of carbonyl (C=O) groups excluding carboxylic acids is 1. The fourth-order valence-electron chi connectivity index (χ4n) is 0.776. The van der Waals surface area contributed by atoms with Gasteiger partial charge in [-0.15, -0.1) is 0 Å². The smallest absolute Gasteiger partial charge is 0.234 e. The van der Waals surface area contributed by atoms with Gasteiger partial charge in [0.2, 0.25) is 5.91 Å². The summed E-state index contributed by atoms with van der Waals surface area (Å²) in [4.78, 5) is 11.2. The molecular formula is C10H19N3O2. The molecule has 1 amide bonds. The van der Waals surface area contributed by atoms with Gasteiger partial charge in [0.05, 0.1) is 25.1 Å². The zero-order valence-electron chi connectivity index (χ0n) is 9.50. The van der Waals surface area contributed by atoms with E-state index in [1.54, 1.807) is 6.92 Å². The molecule has 1 atom stereocenters. The molecule has 0 bridgehead atoms. The molecule has 0 aromatic heterocycles. The van der Waals surface area contributed by atoms with Crippen molar-refractivity contribution in [2.75, 3.05) is 13.1 Å². The molecule has 0 fully saturated rings. The lowest BCUT2D eigenvalue weighted by molar-refractivity contribution is -0.120. The second-order valence-electron chi connectivity index (χ2n) is 4.01. The number of hydrogen-bond acceptors (Lipinski definition) is 4. The summed E-state index contributed by atoms with van der Waals surface area (Å²) in [5.74, 6) is -0.168. The number of aliphatic hydroxyl groups excluding tert-OH is 1. The Morgan fingerprint density at radius 2 is 2.20 bits per heavy atom. The topological polar surface area (TPSA) is 85.2 Å². The Morgan fingerprint density at radius 1 is 1.60 bits per heavy atom. The van der Waals surface area contributed by atoms with Crippen LogP contribution in [0, 0.1) is 11.3 Å². The molecule has 1 unspecified atom stereocenters. The summed E-state index contributed by atoms with van der Waals surface area (Å²) in [5.41, 5.74) is -0.493. The van der Waals surface area contributed by atoms with Gasteiger partial charge in [0.1, 0.15) is 0 Å². The average Bonchev–Trinajstić information content (AvgIpc) is 2.15. The largest absolute Gasteiger partial charge is 0.392 e. The van der Waals surface area contributed by atoms with Crippen molar-refractivity contribution in [2.45, 2.75) is 38.8 Å². The number of amides is 1. The van der Waals surface area contributed by atoms with Gasteiger partial charge < -0.3 is 15.7 Å². The van der Waals surface area contributed by atoms with Crippen LogP contribution in [0.5, 0.6) is 0 Å². The number of nitrogens with zero attached hydrogens (tertiary/aromatic N) is 1. The van der Waals surface area contributed by atoms with Gasteiger partial charge in [0.25, 0.3) is 0 Å². The van der Waals surface area contributed by atoms with Crippen molar-refractivity contribution >= 4 is 5.91 Å². The molecule has 0 aliphatic carbocycles. The molecule has 0 aliphatic rings. The highest BCUT2D eigenvalue weighted by atomic mass is 16.3. The summed E-state index contributed by atoms with van der Waals surface area (Å²) >= 11 is 0. The molecular weight excluding hydrogens is 194 g/mol. The van der Waals surface area contributed by atoms with E-state index in [1.165, 1.54) is 0 Å². The highest BCUT2D eigenvalue weighted by Crippen LogP contribution is 2.06. The Bertz CT molecular complexity index is 244. The molecule has 0 radical (unpaired) electrons. The second kappa shape index (κ2) is 6.38. The molecule has 0 rings (SSSR count). The standard InChI is InChI=1S/C10H19N3O2/c1-8(14)10(2,3)13-7-9(15)12-6-4-5-11/h8,13-14H,4,6-7H2,1-3H3,(H,12,15). The predicted octanol–water partition coefficient (Wildman–Crippen LogP) is -0.235. The fraction of sp³-hybridized carbons (Fsp3) is 0.800. The average molecular weight is 213 g/mol. The third kappa shape index (κ3) is 6.05. The Morgan fingerprint density at radius 3 is 2.67 bits per heavy atom. The summed E-state index contributed by atoms with van der Waals surface area (Å²) in [5, 5.41) is 23.2. The minimum Gasteiger partial charge on any atom is -0.392 e. The fourth-order valence-corrected chi connectivity index (χ4v) is 0.776. The summed E-state index contributed by atoms with van der Waals surface area (Å²) in [7, 11) is 0. The SMILES string of the molecule is CC(O)C(C)(C)NCC(=O)NCCC#N. The highest BCUT2D eigenvalue weighted by molar-refractivity contribution is 5.78. The molecule has 0 heterocycles. The van der Waals surface area contributed by atoms with Gasteiger partial charge in [-0.05, 0) is 20.8 Å². The van der Waals surface area contributed by atoms with E-state index in [0.717, 1.165) is 0 Å². The number of nitriles is 1. The Hall–Kier alpha value is -1.12. The first-order chi connectivity index (χ1) is 6.90. The number of carbonyl (C=O) groups is 1. The summed E-state index contributed by atoms with van der Waals surface area (Å²) in [6, 6.07) is 1.94. The third-order valence-electron chi connectivity index (χ3n) is 2.31. The second-order valence-corrected chi connectivity index (χ2v) is 4.01. The molecule has 5 heteroatoms. The van der Waals surface area contributed by atoms with E-state index in [1.807, 2.05) is 19.9 Å². The van der Waals surface area contributed by atoms with E-state index in [9.17, 15) is 9.90 Å². The van der Waals surface area contributed by atoms with Crippen molar-refractivity contribution in [3.05, 3.63) is 0 Å². The van der Waals surface area contributed by atoms with Gasteiger partial charge >= 0.3 is 0 Å². The van der Waals surface area contributed by atoms with E-state index in [-0.39, 0.29) is 12.5 Å². The summed E-state index contributed by atoms with van der Waals surface area (Å²) in [6.45, 7) is 5.82. The van der Waals surface area contributed by atoms with E-state index in [2.05, 4.69) is 10.6 Å². The monoisotopic (exact) mass is 213 g/mol. The van der Waals surface area contributed by atoms with Crippen molar-refractivity contribution < 1.29 is 9.90 Å². The summed E-state index contributed by atoms with van der Waals surface area (Å²) < 4.78 is 0. The van der Waals surface area contributed by atoms with Gasteiger partial charge in [0, 0.05) is 12.1 Å². The molecule has 5 nitrogen and oxygen atoms in total. The van der Waals surface area contributed by atoms with Crippen LogP contribution < -0.4 is 10.6 Å². The lowest BCUT2D eigenvalue weighted by atomic mass is 9.99. The normalized spacial score (nSPS) is 13.0. The van der Waals surface area contributed by atoms with Crippen molar-refractivity contribution in [1.82, 2.24) is 10.6 Å². The number of aliphatic hydroxyl groups is 1. The zero-order valence-corrected chi connectivity index (χ0v) is 9.50. The van der Waals surface area contributed by atoms with Gasteiger partial charge in [-0.1, -0.05) is 0 Å². The first kappa shape index (κ1) is 13.9. The highest BCUT2D eigenvalue weighted by Gasteiger charge is 2.23. The maximum atomic E-state index is 11.2. The Kier molecular flexibility index (Phi) is 5.90. The molecule has 0 aliphatic heterocycles. The van der Waals surface area contributed by atoms with Gasteiger partial charge in [-0.25, -0.2) is 0 Å². The molecule has 15 heavy (non-hydrogen) atoms. The summed E-state index contributed by atoms with van der Waals surface area (Å²) in [6.07, 6.45) is -0.227.